The van der Waals surface area contributed by atoms with E-state index in [2.05, 4.69) is 4.98 Å². The average Bonchev–Trinajstić information content (AvgIpc) is 3.05. The van der Waals surface area contributed by atoms with E-state index in [4.69, 9.17) is 11.6 Å². The van der Waals surface area contributed by atoms with Crippen molar-refractivity contribution in [3.05, 3.63) is 58.1 Å². The lowest BCUT2D eigenvalue weighted by molar-refractivity contribution is -0.137. The molecule has 1 aromatic heterocycles. The quantitative estimate of drug-likeness (QED) is 0.570. The van der Waals surface area contributed by atoms with Gasteiger partial charge in [-0.3, -0.25) is 9.59 Å². The van der Waals surface area contributed by atoms with Gasteiger partial charge < -0.3 is 0 Å². The van der Waals surface area contributed by atoms with Gasteiger partial charge in [0, 0.05) is 5.02 Å². The van der Waals surface area contributed by atoms with E-state index in [0.29, 0.717) is 5.02 Å². The van der Waals surface area contributed by atoms with E-state index in [-0.39, 0.29) is 26.5 Å². The summed E-state index contributed by atoms with van der Waals surface area (Å²) in [5.74, 6) is -1.18. The number of anilines is 1. The summed E-state index contributed by atoms with van der Waals surface area (Å²) >= 11 is 6.70. The standard InChI is InChI=1S/C16H6ClF3N2O2S/c17-8-2-3-9-10(6-8)14(24)22(13(9)23)15-21-11-4-1-7(16(18,19)20)5-12(11)25-15/h1-6H. The second-order valence-electron chi connectivity index (χ2n) is 5.31. The summed E-state index contributed by atoms with van der Waals surface area (Å²) in [5.41, 5.74) is -0.204. The van der Waals surface area contributed by atoms with Crippen molar-refractivity contribution in [2.75, 3.05) is 4.90 Å². The van der Waals surface area contributed by atoms with Crippen LogP contribution < -0.4 is 4.90 Å². The molecule has 4 nitrogen and oxygen atoms in total. The summed E-state index contributed by atoms with van der Waals surface area (Å²) in [6.45, 7) is 0. The Bertz CT molecular complexity index is 1060. The largest absolute Gasteiger partial charge is 0.416 e. The van der Waals surface area contributed by atoms with Crippen LogP contribution in [0.1, 0.15) is 26.3 Å². The van der Waals surface area contributed by atoms with Gasteiger partial charge in [0.2, 0.25) is 5.13 Å². The molecular formula is C16H6ClF3N2O2S. The Morgan fingerprint density at radius 1 is 1.00 bits per heavy atom. The number of hydrogen-bond donors (Lipinski definition) is 0. The van der Waals surface area contributed by atoms with E-state index < -0.39 is 23.6 Å². The van der Waals surface area contributed by atoms with E-state index in [9.17, 15) is 22.8 Å². The molecule has 0 saturated carbocycles. The highest BCUT2D eigenvalue weighted by molar-refractivity contribution is 7.22. The van der Waals surface area contributed by atoms with Crippen molar-refractivity contribution in [2.24, 2.45) is 0 Å². The number of halogens is 4. The van der Waals surface area contributed by atoms with Gasteiger partial charge in [0.15, 0.2) is 0 Å². The molecule has 25 heavy (non-hydrogen) atoms. The van der Waals surface area contributed by atoms with Gasteiger partial charge in [0.25, 0.3) is 11.8 Å². The summed E-state index contributed by atoms with van der Waals surface area (Å²) in [6.07, 6.45) is -4.48. The molecule has 2 amide bonds. The number of thiazole rings is 1. The van der Waals surface area contributed by atoms with Gasteiger partial charge in [-0.1, -0.05) is 22.9 Å². The number of amides is 2. The fourth-order valence-electron chi connectivity index (χ4n) is 2.57. The second kappa shape index (κ2) is 5.27. The van der Waals surface area contributed by atoms with Crippen LogP contribution in [0.25, 0.3) is 10.2 Å². The molecular weight excluding hydrogens is 377 g/mol. The first kappa shape index (κ1) is 16.0. The van der Waals surface area contributed by atoms with E-state index in [1.807, 2.05) is 0 Å². The molecule has 0 spiro atoms. The first-order chi connectivity index (χ1) is 11.8. The van der Waals surface area contributed by atoms with Gasteiger partial charge >= 0.3 is 6.18 Å². The van der Waals surface area contributed by atoms with Crippen molar-refractivity contribution < 1.29 is 22.8 Å². The monoisotopic (exact) mass is 382 g/mol. The molecule has 2 aromatic carbocycles. The van der Waals surface area contributed by atoms with Crippen LogP contribution >= 0.6 is 22.9 Å². The number of fused-ring (bicyclic) bond motifs is 2. The number of aromatic nitrogens is 1. The Kier molecular flexibility index (Phi) is 3.38. The molecule has 0 atom stereocenters. The Morgan fingerprint density at radius 3 is 2.44 bits per heavy atom. The molecule has 0 aliphatic carbocycles. The third-order valence-corrected chi connectivity index (χ3v) is 4.98. The third-order valence-electron chi connectivity index (χ3n) is 3.74. The first-order valence-electron chi connectivity index (χ1n) is 6.92. The van der Waals surface area contributed by atoms with Crippen molar-refractivity contribution in [1.29, 1.82) is 0 Å². The van der Waals surface area contributed by atoms with Crippen molar-refractivity contribution in [3.63, 3.8) is 0 Å². The van der Waals surface area contributed by atoms with E-state index in [0.717, 1.165) is 28.4 Å². The summed E-state index contributed by atoms with van der Waals surface area (Å²) < 4.78 is 38.7. The van der Waals surface area contributed by atoms with E-state index >= 15 is 0 Å². The van der Waals surface area contributed by atoms with Crippen LogP contribution in [0, 0.1) is 0 Å². The van der Waals surface area contributed by atoms with E-state index in [1.165, 1.54) is 24.3 Å². The minimum absolute atomic E-state index is 0.0247. The molecule has 0 bridgehead atoms. The van der Waals surface area contributed by atoms with Crippen LogP contribution in [-0.4, -0.2) is 16.8 Å². The minimum atomic E-state index is -4.48. The molecule has 1 aliphatic rings. The Labute approximate surface area is 147 Å². The highest BCUT2D eigenvalue weighted by atomic mass is 35.5. The molecule has 0 N–H and O–H groups in total. The smallest absolute Gasteiger partial charge is 0.268 e. The average molecular weight is 383 g/mol. The summed E-state index contributed by atoms with van der Waals surface area (Å²) in [7, 11) is 0. The molecule has 9 heteroatoms. The minimum Gasteiger partial charge on any atom is -0.268 e. The van der Waals surface area contributed by atoms with Crippen LogP contribution in [0.15, 0.2) is 36.4 Å². The van der Waals surface area contributed by atoms with Crippen LogP contribution in [0.3, 0.4) is 0 Å². The van der Waals surface area contributed by atoms with Crippen molar-refractivity contribution >= 4 is 50.1 Å². The number of hydrogen-bond acceptors (Lipinski definition) is 4. The molecule has 3 aromatic rings. The van der Waals surface area contributed by atoms with Gasteiger partial charge in [-0.25, -0.2) is 9.88 Å². The van der Waals surface area contributed by atoms with E-state index in [1.54, 1.807) is 0 Å². The maximum Gasteiger partial charge on any atom is 0.416 e. The second-order valence-corrected chi connectivity index (χ2v) is 6.76. The molecule has 126 valence electrons. The zero-order valence-electron chi connectivity index (χ0n) is 12.1. The molecule has 0 radical (unpaired) electrons. The lowest BCUT2D eigenvalue weighted by Gasteiger charge is -2.08. The van der Waals surface area contributed by atoms with Crippen LogP contribution in [0.4, 0.5) is 18.3 Å². The highest BCUT2D eigenvalue weighted by Gasteiger charge is 2.39. The topological polar surface area (TPSA) is 50.3 Å². The Hall–Kier alpha value is -2.45. The van der Waals surface area contributed by atoms with Gasteiger partial charge in [0.1, 0.15) is 0 Å². The summed E-state index contributed by atoms with van der Waals surface area (Å²) in [4.78, 5) is 30.0. The lowest BCUT2D eigenvalue weighted by Crippen LogP contribution is -2.29. The lowest BCUT2D eigenvalue weighted by atomic mass is 10.1. The van der Waals surface area contributed by atoms with Crippen LogP contribution in [0.5, 0.6) is 0 Å². The van der Waals surface area contributed by atoms with Crippen molar-refractivity contribution in [2.45, 2.75) is 6.18 Å². The predicted molar refractivity (Wildman–Crippen MR) is 87.2 cm³/mol. The fraction of sp³-hybridized carbons (Fsp3) is 0.0625. The predicted octanol–water partition coefficient (Wildman–Crippen LogP) is 4.77. The zero-order chi connectivity index (χ0) is 17.9. The van der Waals surface area contributed by atoms with Gasteiger partial charge in [-0.05, 0) is 36.4 Å². The number of carbonyl (C=O) groups is 2. The normalized spacial score (nSPS) is 14.5. The Morgan fingerprint density at radius 2 is 1.72 bits per heavy atom. The molecule has 0 unspecified atom stereocenters. The van der Waals surface area contributed by atoms with Gasteiger partial charge in [0.05, 0.1) is 26.9 Å². The van der Waals surface area contributed by atoms with Crippen LogP contribution in [-0.2, 0) is 6.18 Å². The van der Waals surface area contributed by atoms with Crippen molar-refractivity contribution in [1.82, 2.24) is 4.98 Å². The van der Waals surface area contributed by atoms with Crippen molar-refractivity contribution in [3.8, 4) is 0 Å². The van der Waals surface area contributed by atoms with Crippen LogP contribution in [0.2, 0.25) is 5.02 Å². The number of rotatable bonds is 1. The maximum atomic E-state index is 12.8. The Balaban J connectivity index is 1.80. The first-order valence-corrected chi connectivity index (χ1v) is 8.11. The summed E-state index contributed by atoms with van der Waals surface area (Å²) in [6, 6.07) is 7.38. The summed E-state index contributed by atoms with van der Waals surface area (Å²) in [5, 5.41) is 0.331. The maximum absolute atomic E-state index is 12.8. The number of benzene rings is 2. The van der Waals surface area contributed by atoms with Gasteiger partial charge in [-0.2, -0.15) is 13.2 Å². The number of nitrogens with zero attached hydrogens (tertiary/aromatic N) is 2. The highest BCUT2D eigenvalue weighted by Crippen LogP contribution is 2.38. The molecule has 2 heterocycles. The number of imide groups is 1. The molecule has 1 aliphatic heterocycles. The fourth-order valence-corrected chi connectivity index (χ4v) is 3.75. The van der Waals surface area contributed by atoms with Gasteiger partial charge in [-0.15, -0.1) is 0 Å². The zero-order valence-corrected chi connectivity index (χ0v) is 13.7. The number of alkyl halides is 3. The molecule has 0 fully saturated rings. The SMILES string of the molecule is O=C1c2ccc(Cl)cc2C(=O)N1c1nc2ccc(C(F)(F)F)cc2s1. The number of carbonyl (C=O) groups excluding carboxylic acids is 2. The molecule has 4 rings (SSSR count). The molecule has 0 saturated heterocycles. The third kappa shape index (κ3) is 2.49.